The van der Waals surface area contributed by atoms with E-state index in [0.29, 0.717) is 70.3 Å². The van der Waals surface area contributed by atoms with Crippen molar-refractivity contribution in [2.24, 2.45) is 5.10 Å². The minimum atomic E-state index is -0.287. The zero-order chi connectivity index (χ0) is 24.2. The summed E-state index contributed by atoms with van der Waals surface area (Å²) in [5, 5.41) is 5.31. The van der Waals surface area contributed by atoms with Gasteiger partial charge in [0.15, 0.2) is 6.61 Å². The molecule has 0 unspecified atom stereocenters. The molecule has 178 valence electrons. The number of carbonyl (C=O) groups is 1. The predicted octanol–water partition coefficient (Wildman–Crippen LogP) is 4.26. The first kappa shape index (κ1) is 24.8. The highest BCUT2D eigenvalue weighted by atomic mass is 79.9. The third-order valence-corrected chi connectivity index (χ3v) is 6.55. The zero-order valence-corrected chi connectivity index (χ0v) is 22.2. The highest BCUT2D eigenvalue weighted by Gasteiger charge is 2.19. The summed E-state index contributed by atoms with van der Waals surface area (Å²) in [5.74, 6) is 0.779. The quantitative estimate of drug-likeness (QED) is 0.389. The minimum absolute atomic E-state index is 0.137. The zero-order valence-electron chi connectivity index (χ0n) is 18.3. The third-order valence-electron chi connectivity index (χ3n) is 5.24. The van der Waals surface area contributed by atoms with Crippen LogP contribution in [-0.4, -0.2) is 59.6 Å². The molecule has 4 rings (SSSR count). The molecule has 0 spiro atoms. The molecule has 34 heavy (non-hydrogen) atoms. The summed E-state index contributed by atoms with van der Waals surface area (Å²) < 4.78 is 13.8. The molecule has 8 nitrogen and oxygen atoms in total. The van der Waals surface area contributed by atoms with E-state index in [2.05, 4.69) is 41.9 Å². The van der Waals surface area contributed by atoms with Crippen molar-refractivity contribution in [1.82, 2.24) is 14.6 Å². The van der Waals surface area contributed by atoms with E-state index in [1.54, 1.807) is 29.2 Å². The van der Waals surface area contributed by atoms with Crippen LogP contribution < -0.4 is 10.3 Å². The lowest BCUT2D eigenvalue weighted by atomic mass is 10.2. The van der Waals surface area contributed by atoms with Crippen molar-refractivity contribution in [3.05, 3.63) is 66.0 Å². The number of rotatable bonds is 6. The number of morpholine rings is 1. The van der Waals surface area contributed by atoms with E-state index in [4.69, 9.17) is 21.1 Å². The van der Waals surface area contributed by atoms with Crippen molar-refractivity contribution in [1.29, 1.82) is 0 Å². The van der Waals surface area contributed by atoms with Gasteiger partial charge >= 0.3 is 0 Å². The van der Waals surface area contributed by atoms with E-state index >= 15 is 0 Å². The fraction of sp³-hybridized carbons (Fsp3) is 0.304. The molecule has 2 heterocycles. The number of hydrogen-bond acceptors (Lipinski definition) is 6. The minimum Gasteiger partial charge on any atom is -0.482 e. The Bertz CT molecular complexity index is 1320. The molecule has 0 N–H and O–H groups in total. The molecular weight excluding hydrogens is 592 g/mol. The van der Waals surface area contributed by atoms with Crippen LogP contribution in [0.25, 0.3) is 10.9 Å². The second-order valence-electron chi connectivity index (χ2n) is 7.49. The topological polar surface area (TPSA) is 86.0 Å². The Morgan fingerprint density at radius 2 is 2.03 bits per heavy atom. The van der Waals surface area contributed by atoms with Crippen molar-refractivity contribution >= 4 is 66.5 Å². The number of aromatic nitrogens is 2. The fourth-order valence-corrected chi connectivity index (χ4v) is 4.84. The number of nitrogens with zero attached hydrogens (tertiary/aromatic N) is 4. The van der Waals surface area contributed by atoms with E-state index in [9.17, 15) is 9.59 Å². The first-order valence-corrected chi connectivity index (χ1v) is 12.6. The number of amides is 1. The smallest absolute Gasteiger partial charge is 0.282 e. The molecule has 3 aromatic rings. The van der Waals surface area contributed by atoms with Gasteiger partial charge in [-0.25, -0.2) is 4.98 Å². The third kappa shape index (κ3) is 5.51. The summed E-state index contributed by atoms with van der Waals surface area (Å²) in [6.07, 6.45) is 1.99. The van der Waals surface area contributed by atoms with Gasteiger partial charge < -0.3 is 14.4 Å². The molecule has 2 aromatic carbocycles. The van der Waals surface area contributed by atoms with Gasteiger partial charge in [0.25, 0.3) is 11.5 Å². The summed E-state index contributed by atoms with van der Waals surface area (Å²) in [4.78, 5) is 32.0. The van der Waals surface area contributed by atoms with Crippen LogP contribution in [-0.2, 0) is 16.0 Å². The standard InChI is InChI=1S/C23H21Br2ClN4O4/c1-2-20-28-19-4-3-15(24)10-17(19)23(32)30(20)27-12-14-9-16(26)11-18(25)22(14)34-13-21(31)29-5-7-33-8-6-29/h3-4,9-12H,2,5-8,13H2,1H3. The summed E-state index contributed by atoms with van der Waals surface area (Å²) in [5.41, 5.74) is 0.829. The van der Waals surface area contributed by atoms with Gasteiger partial charge in [0.05, 0.1) is 34.8 Å². The Morgan fingerprint density at radius 3 is 2.76 bits per heavy atom. The van der Waals surface area contributed by atoms with E-state index in [-0.39, 0.29) is 18.1 Å². The first-order valence-electron chi connectivity index (χ1n) is 10.6. The SMILES string of the molecule is CCc1nc2ccc(Br)cc2c(=O)n1N=Cc1cc(Cl)cc(Br)c1OCC(=O)N1CCOCC1. The molecule has 0 bridgehead atoms. The van der Waals surface area contributed by atoms with Gasteiger partial charge in [0, 0.05) is 34.6 Å². The average Bonchev–Trinajstić information content (AvgIpc) is 2.83. The van der Waals surface area contributed by atoms with Gasteiger partial charge in [0.1, 0.15) is 11.6 Å². The number of carbonyl (C=O) groups excluding carboxylic acids is 1. The van der Waals surface area contributed by atoms with Crippen molar-refractivity contribution in [3.63, 3.8) is 0 Å². The van der Waals surface area contributed by atoms with Crippen molar-refractivity contribution in [2.75, 3.05) is 32.9 Å². The molecule has 1 aromatic heterocycles. The summed E-state index contributed by atoms with van der Waals surface area (Å²) in [6.45, 7) is 3.85. The second kappa shape index (κ2) is 11.0. The molecule has 1 aliphatic heterocycles. The summed E-state index contributed by atoms with van der Waals surface area (Å²) in [6, 6.07) is 8.68. The number of halogens is 3. The van der Waals surface area contributed by atoms with Crippen LogP contribution in [0.4, 0.5) is 0 Å². The second-order valence-corrected chi connectivity index (χ2v) is 9.70. The Balaban J connectivity index is 1.67. The number of benzene rings is 2. The van der Waals surface area contributed by atoms with Gasteiger partial charge in [-0.15, -0.1) is 0 Å². The predicted molar refractivity (Wildman–Crippen MR) is 138 cm³/mol. The lowest BCUT2D eigenvalue weighted by Gasteiger charge is -2.26. The number of fused-ring (bicyclic) bond motifs is 1. The molecule has 0 atom stereocenters. The Hall–Kier alpha value is -2.27. The van der Waals surface area contributed by atoms with E-state index in [1.807, 2.05) is 13.0 Å². The van der Waals surface area contributed by atoms with Gasteiger partial charge in [-0.3, -0.25) is 9.59 Å². The Kier molecular flexibility index (Phi) is 8.02. The van der Waals surface area contributed by atoms with Crippen LogP contribution in [0.2, 0.25) is 5.02 Å². The van der Waals surface area contributed by atoms with Crippen molar-refractivity contribution < 1.29 is 14.3 Å². The molecule has 1 fully saturated rings. The summed E-state index contributed by atoms with van der Waals surface area (Å²) >= 11 is 13.1. The van der Waals surface area contributed by atoms with Crippen molar-refractivity contribution in [2.45, 2.75) is 13.3 Å². The van der Waals surface area contributed by atoms with Gasteiger partial charge in [-0.1, -0.05) is 34.5 Å². The highest BCUT2D eigenvalue weighted by molar-refractivity contribution is 9.10. The Labute approximate surface area is 217 Å². The fourth-order valence-electron chi connectivity index (χ4n) is 3.53. The van der Waals surface area contributed by atoms with Crippen LogP contribution in [0.15, 0.2) is 49.2 Å². The van der Waals surface area contributed by atoms with Gasteiger partial charge in [-0.05, 0) is 46.3 Å². The maximum absolute atomic E-state index is 13.2. The molecule has 1 aliphatic rings. The molecule has 1 saturated heterocycles. The monoisotopic (exact) mass is 610 g/mol. The molecule has 1 amide bonds. The van der Waals surface area contributed by atoms with Crippen molar-refractivity contribution in [3.8, 4) is 5.75 Å². The molecule has 0 aliphatic carbocycles. The lowest BCUT2D eigenvalue weighted by molar-refractivity contribution is -0.137. The van der Waals surface area contributed by atoms with Crippen LogP contribution in [0.5, 0.6) is 5.75 Å². The lowest BCUT2D eigenvalue weighted by Crippen LogP contribution is -2.43. The molecule has 0 radical (unpaired) electrons. The maximum Gasteiger partial charge on any atom is 0.282 e. The highest BCUT2D eigenvalue weighted by Crippen LogP contribution is 2.32. The van der Waals surface area contributed by atoms with Gasteiger partial charge in [0.2, 0.25) is 0 Å². The van der Waals surface area contributed by atoms with E-state index in [1.165, 1.54) is 10.9 Å². The molecule has 0 saturated carbocycles. The number of aryl methyl sites for hydroxylation is 1. The van der Waals surface area contributed by atoms with Gasteiger partial charge in [-0.2, -0.15) is 9.78 Å². The van der Waals surface area contributed by atoms with Crippen LogP contribution >= 0.6 is 43.5 Å². The van der Waals surface area contributed by atoms with E-state index in [0.717, 1.165) is 4.47 Å². The van der Waals surface area contributed by atoms with Crippen LogP contribution in [0.3, 0.4) is 0 Å². The largest absolute Gasteiger partial charge is 0.482 e. The van der Waals surface area contributed by atoms with Crippen LogP contribution in [0, 0.1) is 0 Å². The van der Waals surface area contributed by atoms with E-state index < -0.39 is 0 Å². The maximum atomic E-state index is 13.2. The average molecular weight is 613 g/mol. The Morgan fingerprint density at radius 1 is 1.26 bits per heavy atom. The number of ether oxygens (including phenoxy) is 2. The van der Waals surface area contributed by atoms with Crippen LogP contribution in [0.1, 0.15) is 18.3 Å². The normalized spacial score (nSPS) is 14.2. The summed E-state index contributed by atoms with van der Waals surface area (Å²) in [7, 11) is 0. The first-order chi connectivity index (χ1) is 16.4. The number of hydrogen-bond donors (Lipinski definition) is 0. The molecular formula is C23H21Br2ClN4O4. The molecule has 11 heteroatoms.